The second kappa shape index (κ2) is 8.16. The highest BCUT2D eigenvalue weighted by atomic mass is 16.1. The highest BCUT2D eigenvalue weighted by Gasteiger charge is 2.41. The van der Waals surface area contributed by atoms with Crippen LogP contribution in [0.2, 0.25) is 0 Å². The van der Waals surface area contributed by atoms with E-state index in [4.69, 9.17) is 0 Å². The molecule has 0 aromatic heterocycles. The number of hydrogen-bond donors (Lipinski definition) is 2. The Kier molecular flexibility index (Phi) is 5.38. The Bertz CT molecular complexity index is 925. The Morgan fingerprint density at radius 2 is 2.07 bits per heavy atom. The van der Waals surface area contributed by atoms with Crippen molar-refractivity contribution in [2.75, 3.05) is 19.6 Å². The number of hydrogen-bond acceptors (Lipinski definition) is 3. The fourth-order valence-electron chi connectivity index (χ4n) is 5.90. The number of fused-ring (bicyclic) bond motifs is 4. The quantitative estimate of drug-likeness (QED) is 0.809. The van der Waals surface area contributed by atoms with Crippen LogP contribution in [0.15, 0.2) is 42.5 Å². The van der Waals surface area contributed by atoms with Crippen LogP contribution in [0.25, 0.3) is 0 Å². The number of rotatable bonds is 3. The molecule has 2 fully saturated rings. The number of nitrogens with zero attached hydrogens (tertiary/aromatic N) is 1. The van der Waals surface area contributed by atoms with Gasteiger partial charge in [-0.1, -0.05) is 42.0 Å². The molecule has 30 heavy (non-hydrogen) atoms. The molecule has 1 amide bonds. The van der Waals surface area contributed by atoms with Crippen LogP contribution in [-0.2, 0) is 6.42 Å². The third kappa shape index (κ3) is 3.67. The van der Waals surface area contributed by atoms with Crippen molar-refractivity contribution in [1.29, 1.82) is 0 Å². The van der Waals surface area contributed by atoms with Crippen LogP contribution >= 0.6 is 0 Å². The van der Waals surface area contributed by atoms with Crippen molar-refractivity contribution in [2.24, 2.45) is 5.92 Å². The predicted octanol–water partition coefficient (Wildman–Crippen LogP) is 4.16. The lowest BCUT2D eigenvalue weighted by molar-refractivity contribution is 0.0542. The van der Waals surface area contributed by atoms with Gasteiger partial charge in [0.2, 0.25) is 0 Å². The summed E-state index contributed by atoms with van der Waals surface area (Å²) in [5.41, 5.74) is 5.88. The van der Waals surface area contributed by atoms with Crippen LogP contribution in [0.3, 0.4) is 0 Å². The molecule has 2 N–H and O–H groups in total. The molecule has 0 spiro atoms. The van der Waals surface area contributed by atoms with E-state index in [0.717, 1.165) is 49.5 Å². The normalized spacial score (nSPS) is 26.8. The van der Waals surface area contributed by atoms with Crippen molar-refractivity contribution in [2.45, 2.75) is 57.7 Å². The Labute approximate surface area is 180 Å². The van der Waals surface area contributed by atoms with Crippen molar-refractivity contribution in [3.63, 3.8) is 0 Å². The lowest BCUT2D eigenvalue weighted by atomic mass is 9.76. The van der Waals surface area contributed by atoms with E-state index in [2.05, 4.69) is 53.6 Å². The van der Waals surface area contributed by atoms with Crippen molar-refractivity contribution in [3.05, 3.63) is 70.3 Å². The number of piperidine rings is 2. The van der Waals surface area contributed by atoms with E-state index in [1.807, 2.05) is 18.2 Å². The van der Waals surface area contributed by atoms with Gasteiger partial charge in [0.05, 0.1) is 6.04 Å². The van der Waals surface area contributed by atoms with E-state index in [1.165, 1.54) is 29.5 Å². The minimum atomic E-state index is -0.00898. The first kappa shape index (κ1) is 19.8. The van der Waals surface area contributed by atoms with Gasteiger partial charge in [0.25, 0.3) is 5.91 Å². The Hall–Kier alpha value is -2.17. The summed E-state index contributed by atoms with van der Waals surface area (Å²) in [6.07, 6.45) is 4.80. The Morgan fingerprint density at radius 1 is 1.23 bits per heavy atom. The number of carbonyl (C=O) groups excluding carboxylic acids is 1. The van der Waals surface area contributed by atoms with Gasteiger partial charge in [-0.3, -0.25) is 9.69 Å². The van der Waals surface area contributed by atoms with Gasteiger partial charge in [0.15, 0.2) is 0 Å². The van der Waals surface area contributed by atoms with Crippen LogP contribution in [0.4, 0.5) is 0 Å². The summed E-state index contributed by atoms with van der Waals surface area (Å²) in [5.74, 6) is 0.823. The van der Waals surface area contributed by atoms with E-state index in [9.17, 15) is 4.79 Å². The molecule has 0 bridgehead atoms. The molecule has 4 atom stereocenters. The average Bonchev–Trinajstić information content (AvgIpc) is 2.77. The van der Waals surface area contributed by atoms with Gasteiger partial charge in [0, 0.05) is 30.7 Å². The molecule has 3 aliphatic heterocycles. The van der Waals surface area contributed by atoms with Crippen LogP contribution in [0.1, 0.15) is 70.9 Å². The molecule has 0 radical (unpaired) electrons. The SMILES string of the molecule is Cc1cc2c(c(C(=O)N[C@H](C)c3ccccc3)c1)[C@@H]1C[C@@H]3NCCC[C@@H]3CN1CC2. The van der Waals surface area contributed by atoms with Gasteiger partial charge in [-0.2, -0.15) is 0 Å². The van der Waals surface area contributed by atoms with E-state index in [0.29, 0.717) is 12.1 Å². The summed E-state index contributed by atoms with van der Waals surface area (Å²) in [6, 6.07) is 15.6. The van der Waals surface area contributed by atoms with Crippen molar-refractivity contribution in [3.8, 4) is 0 Å². The molecule has 5 rings (SSSR count). The molecule has 158 valence electrons. The minimum Gasteiger partial charge on any atom is -0.346 e. The highest BCUT2D eigenvalue weighted by Crippen LogP contribution is 2.42. The number of amides is 1. The standard InChI is InChI=1S/C26H33N3O/c1-17-13-20-10-12-29-16-21-9-6-11-27-23(21)15-24(29)25(20)22(14-17)26(30)28-18(2)19-7-4-3-5-8-19/h3-5,7-8,13-14,18,21,23-24,27H,6,9-12,15-16H2,1-2H3,(H,28,30)/t18-,21-,23+,24+/m1/s1. The van der Waals surface area contributed by atoms with E-state index < -0.39 is 0 Å². The van der Waals surface area contributed by atoms with Gasteiger partial charge in [0.1, 0.15) is 0 Å². The second-order valence-corrected chi connectivity index (χ2v) is 9.45. The molecule has 0 aliphatic carbocycles. The first-order chi connectivity index (χ1) is 14.6. The summed E-state index contributed by atoms with van der Waals surface area (Å²) in [7, 11) is 0. The fraction of sp³-hybridized carbons (Fsp3) is 0.500. The zero-order valence-electron chi connectivity index (χ0n) is 18.2. The molecule has 3 heterocycles. The largest absolute Gasteiger partial charge is 0.346 e. The monoisotopic (exact) mass is 403 g/mol. The van der Waals surface area contributed by atoms with Gasteiger partial charge in [-0.05, 0) is 74.8 Å². The summed E-state index contributed by atoms with van der Waals surface area (Å²) in [5, 5.41) is 7.04. The van der Waals surface area contributed by atoms with E-state index in [1.54, 1.807) is 0 Å². The maximum Gasteiger partial charge on any atom is 0.252 e. The topological polar surface area (TPSA) is 44.4 Å². The van der Waals surface area contributed by atoms with Gasteiger partial charge >= 0.3 is 0 Å². The van der Waals surface area contributed by atoms with Crippen LogP contribution < -0.4 is 10.6 Å². The molecule has 4 nitrogen and oxygen atoms in total. The molecule has 4 heteroatoms. The Balaban J connectivity index is 1.45. The molecule has 2 aromatic rings. The molecule has 0 saturated carbocycles. The van der Waals surface area contributed by atoms with Gasteiger partial charge in [-0.15, -0.1) is 0 Å². The molecule has 3 aliphatic rings. The van der Waals surface area contributed by atoms with Crippen LogP contribution in [-0.4, -0.2) is 36.5 Å². The van der Waals surface area contributed by atoms with E-state index in [-0.39, 0.29) is 11.9 Å². The maximum absolute atomic E-state index is 13.5. The maximum atomic E-state index is 13.5. The summed E-state index contributed by atoms with van der Waals surface area (Å²) < 4.78 is 0. The number of benzene rings is 2. The van der Waals surface area contributed by atoms with Crippen molar-refractivity contribution >= 4 is 5.91 Å². The van der Waals surface area contributed by atoms with Gasteiger partial charge in [-0.25, -0.2) is 0 Å². The van der Waals surface area contributed by atoms with Crippen molar-refractivity contribution in [1.82, 2.24) is 15.5 Å². The molecular weight excluding hydrogens is 370 g/mol. The Morgan fingerprint density at radius 3 is 2.90 bits per heavy atom. The second-order valence-electron chi connectivity index (χ2n) is 9.45. The van der Waals surface area contributed by atoms with Crippen LogP contribution in [0, 0.1) is 12.8 Å². The number of nitrogens with one attached hydrogen (secondary N) is 2. The van der Waals surface area contributed by atoms with Gasteiger partial charge < -0.3 is 10.6 Å². The first-order valence-corrected chi connectivity index (χ1v) is 11.6. The van der Waals surface area contributed by atoms with Crippen molar-refractivity contribution < 1.29 is 4.79 Å². The number of carbonyl (C=O) groups is 1. The smallest absolute Gasteiger partial charge is 0.252 e. The summed E-state index contributed by atoms with van der Waals surface area (Å²) in [4.78, 5) is 16.1. The third-order valence-corrected chi connectivity index (χ3v) is 7.42. The number of aryl methyl sites for hydroxylation is 1. The molecule has 2 saturated heterocycles. The lowest BCUT2D eigenvalue weighted by Crippen LogP contribution is -2.55. The zero-order valence-corrected chi connectivity index (χ0v) is 18.2. The first-order valence-electron chi connectivity index (χ1n) is 11.6. The van der Waals surface area contributed by atoms with E-state index >= 15 is 0 Å². The molecular formula is C26H33N3O. The lowest BCUT2D eigenvalue weighted by Gasteiger charge is -2.49. The highest BCUT2D eigenvalue weighted by molar-refractivity contribution is 5.96. The predicted molar refractivity (Wildman–Crippen MR) is 121 cm³/mol. The molecule has 0 unspecified atom stereocenters. The summed E-state index contributed by atoms with van der Waals surface area (Å²) >= 11 is 0. The minimum absolute atomic E-state index is 0.00898. The average molecular weight is 404 g/mol. The molecule has 2 aromatic carbocycles. The zero-order chi connectivity index (χ0) is 20.7. The third-order valence-electron chi connectivity index (χ3n) is 7.42. The van der Waals surface area contributed by atoms with Crippen LogP contribution in [0.5, 0.6) is 0 Å². The fourth-order valence-corrected chi connectivity index (χ4v) is 5.90. The summed E-state index contributed by atoms with van der Waals surface area (Å²) in [6.45, 7) is 7.60.